The van der Waals surface area contributed by atoms with Gasteiger partial charge in [-0.1, -0.05) is 30.3 Å². The van der Waals surface area contributed by atoms with Gasteiger partial charge in [0.25, 0.3) is 0 Å². The number of benzene rings is 2. The van der Waals surface area contributed by atoms with Gasteiger partial charge in [0.1, 0.15) is 30.7 Å². The predicted molar refractivity (Wildman–Crippen MR) is 148 cm³/mol. The van der Waals surface area contributed by atoms with Crippen LogP contribution in [0.15, 0.2) is 57.7 Å². The fourth-order valence-electron chi connectivity index (χ4n) is 4.50. The smallest absolute Gasteiger partial charge is 0.383 e. The van der Waals surface area contributed by atoms with E-state index in [1.807, 2.05) is 6.07 Å². The topological polar surface area (TPSA) is 183 Å². The summed E-state index contributed by atoms with van der Waals surface area (Å²) in [5, 5.41) is 10.9. The number of aromatic hydroxyl groups is 1. The Morgan fingerprint density at radius 1 is 0.818 bits per heavy atom. The fraction of sp³-hybridized carbons (Fsp3) is 0.367. The maximum Gasteiger partial charge on any atom is 0.383 e. The van der Waals surface area contributed by atoms with Crippen LogP contribution < -0.4 is 15.1 Å². The van der Waals surface area contributed by atoms with E-state index in [0.717, 1.165) is 33.3 Å². The van der Waals surface area contributed by atoms with Gasteiger partial charge in [-0.05, 0) is 17.7 Å². The molecule has 2 heterocycles. The lowest BCUT2D eigenvalue weighted by molar-refractivity contribution is -0.288. The first-order valence-corrected chi connectivity index (χ1v) is 13.4. The summed E-state index contributed by atoms with van der Waals surface area (Å²) >= 11 is 0. The molecule has 0 amide bonds. The molecule has 14 heteroatoms. The van der Waals surface area contributed by atoms with Gasteiger partial charge in [-0.3, -0.25) is 19.2 Å². The third-order valence-electron chi connectivity index (χ3n) is 6.24. The number of esters is 4. The van der Waals surface area contributed by atoms with Gasteiger partial charge in [0, 0.05) is 33.8 Å². The van der Waals surface area contributed by atoms with Crippen molar-refractivity contribution < 1.29 is 61.9 Å². The highest BCUT2D eigenvalue weighted by molar-refractivity contribution is 5.86. The first-order valence-electron chi connectivity index (χ1n) is 13.4. The second-order valence-electron chi connectivity index (χ2n) is 9.68. The van der Waals surface area contributed by atoms with Gasteiger partial charge in [-0.15, -0.1) is 0 Å². The van der Waals surface area contributed by atoms with Crippen molar-refractivity contribution in [2.45, 2.75) is 65.0 Å². The van der Waals surface area contributed by atoms with Crippen LogP contribution in [0, 0.1) is 0 Å². The van der Waals surface area contributed by atoms with Gasteiger partial charge in [-0.25, -0.2) is 4.79 Å². The summed E-state index contributed by atoms with van der Waals surface area (Å²) in [6.07, 6.45) is -7.01. The number of fused-ring (bicyclic) bond motifs is 1. The van der Waals surface area contributed by atoms with E-state index in [1.54, 1.807) is 24.3 Å². The zero-order chi connectivity index (χ0) is 32.0. The fourth-order valence-corrected chi connectivity index (χ4v) is 4.50. The molecule has 3 aromatic rings. The zero-order valence-electron chi connectivity index (χ0n) is 24.2. The summed E-state index contributed by atoms with van der Waals surface area (Å²) in [5.74, 6) is -3.87. The van der Waals surface area contributed by atoms with Crippen molar-refractivity contribution in [1.82, 2.24) is 0 Å². The van der Waals surface area contributed by atoms with Crippen LogP contribution in [-0.4, -0.2) is 66.3 Å². The van der Waals surface area contributed by atoms with E-state index in [-0.39, 0.29) is 29.1 Å². The Morgan fingerprint density at radius 2 is 1.45 bits per heavy atom. The number of carbonyl (C=O) groups is 4. The number of ether oxygens (including phenoxy) is 7. The first kappa shape index (κ1) is 31.8. The number of hydrogen-bond donors (Lipinski definition) is 1. The van der Waals surface area contributed by atoms with Crippen LogP contribution >= 0.6 is 0 Å². The van der Waals surface area contributed by atoms with Gasteiger partial charge in [-0.2, -0.15) is 0 Å². The molecule has 0 aliphatic carbocycles. The van der Waals surface area contributed by atoms with E-state index in [0.29, 0.717) is 0 Å². The van der Waals surface area contributed by atoms with Crippen molar-refractivity contribution in [1.29, 1.82) is 0 Å². The molecule has 0 unspecified atom stereocenters. The lowest BCUT2D eigenvalue weighted by atomic mass is 9.98. The van der Waals surface area contributed by atoms with Crippen LogP contribution in [0.1, 0.15) is 33.3 Å². The van der Waals surface area contributed by atoms with E-state index in [4.69, 9.17) is 37.6 Å². The Labute approximate surface area is 250 Å². The molecular weight excluding hydrogens is 584 g/mol. The lowest BCUT2D eigenvalue weighted by Crippen LogP contribution is -2.63. The third kappa shape index (κ3) is 7.83. The molecule has 1 fully saturated rings. The van der Waals surface area contributed by atoms with Crippen LogP contribution in [0.25, 0.3) is 11.0 Å². The number of hydrogen-bond acceptors (Lipinski definition) is 14. The van der Waals surface area contributed by atoms with Gasteiger partial charge >= 0.3 is 29.5 Å². The SMILES string of the molecule is CC(=O)OC[C@H]1O[C@@H](Oc2ccc3c(O)c(OCc4ccccc4)c(=O)oc3c2)[C@H](OC(C)=O)[C@@H](OC(C)=O)[C@H]1OC(C)=O. The normalized spacial score (nSPS) is 21.1. The van der Waals surface area contributed by atoms with E-state index in [2.05, 4.69) is 0 Å². The van der Waals surface area contributed by atoms with E-state index in [9.17, 15) is 29.1 Å². The molecule has 0 spiro atoms. The third-order valence-corrected chi connectivity index (χ3v) is 6.24. The molecule has 44 heavy (non-hydrogen) atoms. The van der Waals surface area contributed by atoms with Crippen molar-refractivity contribution in [3.05, 3.63) is 64.5 Å². The average molecular weight is 615 g/mol. The van der Waals surface area contributed by atoms with Crippen molar-refractivity contribution in [3.63, 3.8) is 0 Å². The van der Waals surface area contributed by atoms with Crippen molar-refractivity contribution >= 4 is 34.8 Å². The Morgan fingerprint density at radius 3 is 2.09 bits per heavy atom. The van der Waals surface area contributed by atoms with Crippen LogP contribution in [0.3, 0.4) is 0 Å². The molecule has 1 aliphatic heterocycles. The van der Waals surface area contributed by atoms with Crippen molar-refractivity contribution in [2.24, 2.45) is 0 Å². The molecule has 2 aromatic carbocycles. The average Bonchev–Trinajstić information content (AvgIpc) is 2.94. The molecule has 1 aliphatic rings. The van der Waals surface area contributed by atoms with E-state index in [1.165, 1.54) is 18.2 Å². The van der Waals surface area contributed by atoms with Crippen molar-refractivity contribution in [2.75, 3.05) is 6.61 Å². The summed E-state index contributed by atoms with van der Waals surface area (Å²) in [6, 6.07) is 13.1. The number of rotatable bonds is 10. The maximum absolute atomic E-state index is 12.7. The monoisotopic (exact) mass is 614 g/mol. The van der Waals surface area contributed by atoms with Crippen LogP contribution in [-0.2, 0) is 49.5 Å². The molecule has 0 saturated carbocycles. The minimum absolute atomic E-state index is 0.00869. The largest absolute Gasteiger partial charge is 0.504 e. The molecule has 1 saturated heterocycles. The Kier molecular flexibility index (Phi) is 10.1. The van der Waals surface area contributed by atoms with E-state index >= 15 is 0 Å². The maximum atomic E-state index is 12.7. The Hall–Kier alpha value is -5.11. The lowest BCUT2D eigenvalue weighted by Gasteiger charge is -2.43. The quantitative estimate of drug-likeness (QED) is 0.200. The van der Waals surface area contributed by atoms with E-state index < -0.39 is 72.6 Å². The van der Waals surface area contributed by atoms with Gasteiger partial charge in [0.15, 0.2) is 18.0 Å². The number of carbonyl (C=O) groups excluding carboxylic acids is 4. The molecule has 0 radical (unpaired) electrons. The molecule has 1 aromatic heterocycles. The molecule has 234 valence electrons. The van der Waals surface area contributed by atoms with Gasteiger partial charge in [0.05, 0.1) is 5.39 Å². The zero-order valence-corrected chi connectivity index (χ0v) is 24.2. The molecule has 14 nitrogen and oxygen atoms in total. The van der Waals surface area contributed by atoms with Crippen LogP contribution in [0.4, 0.5) is 0 Å². The highest BCUT2D eigenvalue weighted by Gasteiger charge is 2.53. The Bertz CT molecular complexity index is 1580. The summed E-state index contributed by atoms with van der Waals surface area (Å²) in [4.78, 5) is 60.2. The molecule has 1 N–H and O–H groups in total. The predicted octanol–water partition coefficient (Wildman–Crippen LogP) is 2.54. The van der Waals surface area contributed by atoms with Gasteiger partial charge in [0.2, 0.25) is 18.1 Å². The first-order chi connectivity index (χ1) is 20.9. The molecule has 0 bridgehead atoms. The Balaban J connectivity index is 1.66. The standard InChI is InChI=1S/C30H30O14/c1-15(31)37-14-23-25(39-16(2)32)27(40-17(3)33)28(41-18(4)34)30(44-23)42-20-10-11-21-22(12-20)43-29(36)26(24(21)35)38-13-19-8-6-5-7-9-19/h5-12,23,25,27-28,30,35H,13-14H2,1-4H3/t23-,25+,27+,28-,30-/m1/s1. The summed E-state index contributed by atoms with van der Waals surface area (Å²) in [5.41, 5.74) is -0.266. The summed E-state index contributed by atoms with van der Waals surface area (Å²) < 4.78 is 43.9. The molecular formula is C30H30O14. The van der Waals surface area contributed by atoms with Crippen LogP contribution in [0.5, 0.6) is 17.2 Å². The highest BCUT2D eigenvalue weighted by atomic mass is 16.7. The minimum atomic E-state index is -1.51. The van der Waals surface area contributed by atoms with Crippen LogP contribution in [0.2, 0.25) is 0 Å². The molecule has 5 atom stereocenters. The molecule has 4 rings (SSSR count). The summed E-state index contributed by atoms with van der Waals surface area (Å²) in [6.45, 7) is 4.02. The second kappa shape index (κ2) is 13.9. The van der Waals surface area contributed by atoms with Gasteiger partial charge < -0.3 is 42.7 Å². The summed E-state index contributed by atoms with van der Waals surface area (Å²) in [7, 11) is 0. The highest BCUT2D eigenvalue weighted by Crippen LogP contribution is 2.35. The van der Waals surface area contributed by atoms with Crippen molar-refractivity contribution in [3.8, 4) is 17.2 Å². The second-order valence-corrected chi connectivity index (χ2v) is 9.68. The minimum Gasteiger partial charge on any atom is -0.504 e.